The Balaban J connectivity index is 1.50. The molecule has 2 aliphatic rings. The van der Waals surface area contributed by atoms with Gasteiger partial charge in [-0.1, -0.05) is 50.2 Å². The Hall–Kier alpha value is -3.73. The van der Waals surface area contributed by atoms with Gasteiger partial charge in [0.2, 0.25) is 0 Å². The summed E-state index contributed by atoms with van der Waals surface area (Å²) >= 11 is 0. The van der Waals surface area contributed by atoms with Gasteiger partial charge in [0.05, 0.1) is 31.1 Å². The minimum atomic E-state index is -0.232. The maximum absolute atomic E-state index is 13.7. The van der Waals surface area contributed by atoms with Crippen molar-refractivity contribution in [3.05, 3.63) is 95.2 Å². The molecule has 3 aromatic rings. The second-order valence-corrected chi connectivity index (χ2v) is 9.72. The highest BCUT2D eigenvalue weighted by molar-refractivity contribution is 6.01. The topological polar surface area (TPSA) is 59.6 Å². The largest absolute Gasteiger partial charge is 0.497 e. The molecule has 5 nitrogen and oxygen atoms in total. The molecule has 2 N–H and O–H groups in total. The number of hydrogen-bond donors (Lipinski definition) is 2. The minimum absolute atomic E-state index is 0.123. The highest BCUT2D eigenvalue weighted by Gasteiger charge is 2.36. The van der Waals surface area contributed by atoms with E-state index in [1.54, 1.807) is 7.11 Å². The van der Waals surface area contributed by atoms with Crippen molar-refractivity contribution in [2.24, 2.45) is 5.92 Å². The molecule has 180 valence electrons. The molecule has 0 spiro atoms. The van der Waals surface area contributed by atoms with Gasteiger partial charge in [-0.15, -0.1) is 0 Å². The molecule has 0 saturated heterocycles. The van der Waals surface area contributed by atoms with E-state index in [0.717, 1.165) is 51.7 Å². The van der Waals surface area contributed by atoms with Crippen LogP contribution in [-0.2, 0) is 4.79 Å². The maximum Gasteiger partial charge on any atom is 0.163 e. The van der Waals surface area contributed by atoms with E-state index < -0.39 is 0 Å². The fourth-order valence-corrected chi connectivity index (χ4v) is 4.87. The van der Waals surface area contributed by atoms with E-state index in [9.17, 15) is 4.79 Å². The van der Waals surface area contributed by atoms with Gasteiger partial charge < -0.3 is 20.1 Å². The molecule has 1 heterocycles. The summed E-state index contributed by atoms with van der Waals surface area (Å²) in [6.45, 7) is 4.95. The predicted molar refractivity (Wildman–Crippen MR) is 140 cm³/mol. The zero-order valence-corrected chi connectivity index (χ0v) is 20.5. The molecule has 0 fully saturated rings. The van der Waals surface area contributed by atoms with Crippen LogP contribution in [0.15, 0.2) is 84.1 Å². The quantitative estimate of drug-likeness (QED) is 0.421. The van der Waals surface area contributed by atoms with Crippen molar-refractivity contribution in [3.63, 3.8) is 0 Å². The average Bonchev–Trinajstić information content (AvgIpc) is 3.05. The van der Waals surface area contributed by atoms with Crippen LogP contribution in [-0.4, -0.2) is 19.5 Å². The standard InChI is InChI=1S/C30H32N2O3/c1-19(2)18-35-24-14-10-21(11-15-24)30-29-27(31-25-6-4-5-7-26(25)32-30)16-22(17-28(29)33)20-8-12-23(34-3)13-9-20/h4-15,19,22,30-32H,16-18H2,1-3H3. The first-order chi connectivity index (χ1) is 17.0. The van der Waals surface area contributed by atoms with Crippen LogP contribution in [0.2, 0.25) is 0 Å². The Bertz CT molecular complexity index is 1230. The van der Waals surface area contributed by atoms with Gasteiger partial charge in [-0.2, -0.15) is 0 Å². The number of hydrogen-bond acceptors (Lipinski definition) is 5. The van der Waals surface area contributed by atoms with E-state index in [4.69, 9.17) is 9.47 Å². The van der Waals surface area contributed by atoms with E-state index >= 15 is 0 Å². The molecule has 0 radical (unpaired) electrons. The lowest BCUT2D eigenvalue weighted by Gasteiger charge is -2.30. The molecule has 0 amide bonds. The Morgan fingerprint density at radius 2 is 1.51 bits per heavy atom. The number of carbonyl (C=O) groups is 1. The number of carbonyl (C=O) groups excluding carboxylic acids is 1. The Morgan fingerprint density at radius 3 is 2.20 bits per heavy atom. The van der Waals surface area contributed by atoms with Crippen molar-refractivity contribution >= 4 is 17.2 Å². The molecule has 35 heavy (non-hydrogen) atoms. The summed E-state index contributed by atoms with van der Waals surface area (Å²) in [6.07, 6.45) is 1.26. The Labute approximate surface area is 207 Å². The summed E-state index contributed by atoms with van der Waals surface area (Å²) < 4.78 is 11.2. The molecule has 5 rings (SSSR count). The summed E-state index contributed by atoms with van der Waals surface area (Å²) in [4.78, 5) is 13.7. The summed E-state index contributed by atoms with van der Waals surface area (Å²) in [5.74, 6) is 2.43. The van der Waals surface area contributed by atoms with E-state index in [-0.39, 0.29) is 17.7 Å². The van der Waals surface area contributed by atoms with Crippen LogP contribution in [0.1, 0.15) is 49.8 Å². The molecular weight excluding hydrogens is 436 g/mol. The van der Waals surface area contributed by atoms with Crippen LogP contribution >= 0.6 is 0 Å². The number of methoxy groups -OCH3 is 1. The second-order valence-electron chi connectivity index (χ2n) is 9.72. The van der Waals surface area contributed by atoms with Gasteiger partial charge >= 0.3 is 0 Å². The van der Waals surface area contributed by atoms with Crippen LogP contribution in [0.25, 0.3) is 0 Å². The van der Waals surface area contributed by atoms with Crippen molar-refractivity contribution < 1.29 is 14.3 Å². The number of benzene rings is 3. The number of allylic oxidation sites excluding steroid dienone is 1. The number of ketones is 1. The van der Waals surface area contributed by atoms with E-state index in [0.29, 0.717) is 18.9 Å². The van der Waals surface area contributed by atoms with Gasteiger partial charge in [0.25, 0.3) is 0 Å². The van der Waals surface area contributed by atoms with Crippen LogP contribution in [0.4, 0.5) is 11.4 Å². The first kappa shape index (κ1) is 23.0. The van der Waals surface area contributed by atoms with Crippen molar-refractivity contribution in [3.8, 4) is 11.5 Å². The minimum Gasteiger partial charge on any atom is -0.497 e. The molecule has 3 aromatic carbocycles. The lowest BCUT2D eigenvalue weighted by Crippen LogP contribution is -2.26. The van der Waals surface area contributed by atoms with Gasteiger partial charge in [0, 0.05) is 17.7 Å². The molecule has 5 heteroatoms. The third-order valence-corrected chi connectivity index (χ3v) is 6.69. The molecule has 0 saturated carbocycles. The molecular formula is C30H32N2O3. The van der Waals surface area contributed by atoms with Crippen LogP contribution in [0.5, 0.6) is 11.5 Å². The Kier molecular flexibility index (Phi) is 6.49. The first-order valence-electron chi connectivity index (χ1n) is 12.3. The summed E-state index contributed by atoms with van der Waals surface area (Å²) in [7, 11) is 1.67. The van der Waals surface area contributed by atoms with Crippen LogP contribution < -0.4 is 20.1 Å². The molecule has 0 aromatic heterocycles. The van der Waals surface area contributed by atoms with Gasteiger partial charge in [0.15, 0.2) is 5.78 Å². The number of nitrogens with one attached hydrogen (secondary N) is 2. The van der Waals surface area contributed by atoms with Crippen molar-refractivity contribution in [2.75, 3.05) is 24.4 Å². The highest BCUT2D eigenvalue weighted by Crippen LogP contribution is 2.44. The lowest BCUT2D eigenvalue weighted by molar-refractivity contribution is -0.116. The number of Topliss-reactive ketones (excluding diaryl/α,β-unsaturated/α-hetero) is 1. The van der Waals surface area contributed by atoms with E-state index in [1.807, 2.05) is 36.4 Å². The monoisotopic (exact) mass is 468 g/mol. The summed E-state index contributed by atoms with van der Waals surface area (Å²) in [5.41, 5.74) is 5.99. The number of ether oxygens (including phenoxy) is 2. The maximum atomic E-state index is 13.7. The molecule has 1 aliphatic carbocycles. The highest BCUT2D eigenvalue weighted by atomic mass is 16.5. The fraction of sp³-hybridized carbons (Fsp3) is 0.300. The predicted octanol–water partition coefficient (Wildman–Crippen LogP) is 6.71. The summed E-state index contributed by atoms with van der Waals surface area (Å²) in [6, 6.07) is 24.1. The molecule has 2 unspecified atom stereocenters. The van der Waals surface area contributed by atoms with Gasteiger partial charge in [-0.3, -0.25) is 4.79 Å². The second kappa shape index (κ2) is 9.87. The average molecular weight is 469 g/mol. The first-order valence-corrected chi connectivity index (χ1v) is 12.3. The van der Waals surface area contributed by atoms with Crippen molar-refractivity contribution in [1.29, 1.82) is 0 Å². The van der Waals surface area contributed by atoms with Crippen LogP contribution in [0.3, 0.4) is 0 Å². The zero-order chi connectivity index (χ0) is 24.4. The van der Waals surface area contributed by atoms with E-state index in [2.05, 4.69) is 60.9 Å². The third-order valence-electron chi connectivity index (χ3n) is 6.69. The fourth-order valence-electron chi connectivity index (χ4n) is 4.87. The number of anilines is 2. The molecule has 0 bridgehead atoms. The van der Waals surface area contributed by atoms with Gasteiger partial charge in [0.1, 0.15) is 11.5 Å². The third kappa shape index (κ3) is 4.90. The molecule has 1 aliphatic heterocycles. The van der Waals surface area contributed by atoms with Crippen molar-refractivity contribution in [1.82, 2.24) is 0 Å². The normalized spacial score (nSPS) is 19.3. The number of para-hydroxylation sites is 2. The molecule has 2 atom stereocenters. The van der Waals surface area contributed by atoms with Crippen LogP contribution in [0, 0.1) is 5.92 Å². The number of rotatable bonds is 6. The van der Waals surface area contributed by atoms with E-state index in [1.165, 1.54) is 0 Å². The Morgan fingerprint density at radius 1 is 0.857 bits per heavy atom. The summed E-state index contributed by atoms with van der Waals surface area (Å²) in [5, 5.41) is 7.25. The zero-order valence-electron chi connectivity index (χ0n) is 20.5. The van der Waals surface area contributed by atoms with Gasteiger partial charge in [-0.05, 0) is 65.8 Å². The van der Waals surface area contributed by atoms with Gasteiger partial charge in [-0.25, -0.2) is 0 Å². The van der Waals surface area contributed by atoms with Crippen molar-refractivity contribution in [2.45, 2.75) is 38.6 Å². The number of fused-ring (bicyclic) bond motifs is 1. The lowest BCUT2D eigenvalue weighted by atomic mass is 9.78. The SMILES string of the molecule is COc1ccc(C2CC(=O)C3=C(C2)Nc2ccccc2NC3c2ccc(OCC(C)C)cc2)cc1. The smallest absolute Gasteiger partial charge is 0.163 e.